The Bertz CT molecular complexity index is 218. The van der Waals surface area contributed by atoms with Crippen molar-refractivity contribution in [3.05, 3.63) is 0 Å². The quantitative estimate of drug-likeness (QED) is 0.758. The van der Waals surface area contributed by atoms with E-state index in [1.807, 2.05) is 0 Å². The Balaban J connectivity index is 2.44. The van der Waals surface area contributed by atoms with Gasteiger partial charge in [-0.3, -0.25) is 4.79 Å². The fourth-order valence-electron chi connectivity index (χ4n) is 2.82. The summed E-state index contributed by atoms with van der Waals surface area (Å²) in [5, 5.41) is 8.83. The van der Waals surface area contributed by atoms with Crippen LogP contribution < -0.4 is 0 Å². The predicted molar refractivity (Wildman–Crippen MR) is 65.5 cm³/mol. The van der Waals surface area contributed by atoms with Gasteiger partial charge in [-0.25, -0.2) is 0 Å². The second kappa shape index (κ2) is 6.89. The molecule has 2 unspecified atom stereocenters. The second-order valence-corrected chi connectivity index (χ2v) is 4.95. The first kappa shape index (κ1) is 13.5. The van der Waals surface area contributed by atoms with E-state index in [9.17, 15) is 4.79 Å². The Kier molecular flexibility index (Phi) is 5.81. The van der Waals surface area contributed by atoms with Crippen LogP contribution in [-0.4, -0.2) is 35.1 Å². The number of carbonyl (C=O) groups is 1. The van der Waals surface area contributed by atoms with Gasteiger partial charge in [-0.05, 0) is 38.1 Å². The van der Waals surface area contributed by atoms with Crippen LogP contribution >= 0.6 is 0 Å². The highest BCUT2D eigenvalue weighted by Crippen LogP contribution is 2.23. The molecule has 0 radical (unpaired) electrons. The summed E-state index contributed by atoms with van der Waals surface area (Å²) in [6.07, 6.45) is 6.26. The van der Waals surface area contributed by atoms with Crippen molar-refractivity contribution in [1.29, 1.82) is 0 Å². The van der Waals surface area contributed by atoms with E-state index in [4.69, 9.17) is 5.11 Å². The molecule has 0 bridgehead atoms. The lowest BCUT2D eigenvalue weighted by atomic mass is 9.92. The Morgan fingerprint density at radius 2 is 2.25 bits per heavy atom. The number of hydrogen-bond acceptors (Lipinski definition) is 2. The maximum atomic E-state index is 10.7. The maximum absolute atomic E-state index is 10.7. The summed E-state index contributed by atoms with van der Waals surface area (Å²) in [5.74, 6) is -0.271. The lowest BCUT2D eigenvalue weighted by Crippen LogP contribution is -2.42. The number of likely N-dealkylation sites (tertiary alicyclic amines) is 1. The molecule has 0 aliphatic carbocycles. The van der Waals surface area contributed by atoms with Gasteiger partial charge in [0.1, 0.15) is 0 Å². The Hall–Kier alpha value is -0.570. The van der Waals surface area contributed by atoms with E-state index in [0.717, 1.165) is 25.9 Å². The third-order valence-corrected chi connectivity index (χ3v) is 3.62. The molecule has 1 heterocycles. The highest BCUT2D eigenvalue weighted by Gasteiger charge is 2.25. The molecule has 94 valence electrons. The maximum Gasteiger partial charge on any atom is 0.303 e. The van der Waals surface area contributed by atoms with E-state index in [0.29, 0.717) is 18.4 Å². The summed E-state index contributed by atoms with van der Waals surface area (Å²) in [6, 6.07) is 0.668. The molecule has 0 aromatic carbocycles. The summed E-state index contributed by atoms with van der Waals surface area (Å²) in [5.41, 5.74) is 0. The minimum Gasteiger partial charge on any atom is -0.481 e. The number of hydrogen-bond donors (Lipinski definition) is 1. The molecule has 16 heavy (non-hydrogen) atoms. The topological polar surface area (TPSA) is 40.5 Å². The molecular formula is C13H25NO2. The third kappa shape index (κ3) is 4.12. The average Bonchev–Trinajstić information content (AvgIpc) is 2.25. The summed E-state index contributed by atoms with van der Waals surface area (Å²) in [7, 11) is 0. The van der Waals surface area contributed by atoms with Crippen molar-refractivity contribution in [2.45, 2.75) is 58.4 Å². The van der Waals surface area contributed by atoms with Crippen molar-refractivity contribution < 1.29 is 9.90 Å². The fourth-order valence-corrected chi connectivity index (χ4v) is 2.82. The van der Waals surface area contributed by atoms with Crippen LogP contribution in [0.5, 0.6) is 0 Å². The van der Waals surface area contributed by atoms with E-state index >= 15 is 0 Å². The van der Waals surface area contributed by atoms with Gasteiger partial charge in [-0.15, -0.1) is 0 Å². The highest BCUT2D eigenvalue weighted by atomic mass is 16.4. The minimum absolute atomic E-state index is 0.346. The van der Waals surface area contributed by atoms with E-state index in [1.54, 1.807) is 0 Å². The van der Waals surface area contributed by atoms with Crippen LogP contribution in [0.15, 0.2) is 0 Å². The van der Waals surface area contributed by atoms with Gasteiger partial charge in [0.2, 0.25) is 0 Å². The molecule has 0 amide bonds. The molecule has 1 saturated heterocycles. The summed E-state index contributed by atoms with van der Waals surface area (Å²) < 4.78 is 0. The molecule has 1 fully saturated rings. The van der Waals surface area contributed by atoms with E-state index in [2.05, 4.69) is 18.7 Å². The zero-order valence-corrected chi connectivity index (χ0v) is 10.6. The van der Waals surface area contributed by atoms with Crippen LogP contribution in [0.3, 0.4) is 0 Å². The van der Waals surface area contributed by atoms with Crippen LogP contribution in [0.25, 0.3) is 0 Å². The van der Waals surface area contributed by atoms with Crippen LogP contribution in [0, 0.1) is 5.92 Å². The lowest BCUT2D eigenvalue weighted by molar-refractivity contribution is -0.138. The molecule has 0 spiro atoms. The van der Waals surface area contributed by atoms with Crippen LogP contribution in [-0.2, 0) is 4.79 Å². The number of rotatable bonds is 6. The zero-order chi connectivity index (χ0) is 12.0. The summed E-state index contributed by atoms with van der Waals surface area (Å²) >= 11 is 0. The lowest BCUT2D eigenvalue weighted by Gasteiger charge is -2.37. The van der Waals surface area contributed by atoms with Crippen LogP contribution in [0.2, 0.25) is 0 Å². The van der Waals surface area contributed by atoms with Crippen LogP contribution in [0.1, 0.15) is 52.4 Å². The number of carboxylic acid groups (broad SMARTS) is 1. The SMILES string of the molecule is CCCC(CC)N1CCCC(CC(=O)O)C1. The minimum atomic E-state index is -0.643. The number of aliphatic carboxylic acids is 1. The molecule has 3 nitrogen and oxygen atoms in total. The van der Waals surface area contributed by atoms with Crippen LogP contribution in [0.4, 0.5) is 0 Å². The molecule has 0 saturated carbocycles. The van der Waals surface area contributed by atoms with Crippen molar-refractivity contribution in [2.24, 2.45) is 5.92 Å². The zero-order valence-electron chi connectivity index (χ0n) is 10.6. The normalized spacial score (nSPS) is 24.2. The Morgan fingerprint density at radius 3 is 2.81 bits per heavy atom. The molecule has 3 heteroatoms. The third-order valence-electron chi connectivity index (χ3n) is 3.62. The molecule has 1 aliphatic heterocycles. The van der Waals surface area contributed by atoms with Gasteiger partial charge in [0.25, 0.3) is 0 Å². The van der Waals surface area contributed by atoms with E-state index in [-0.39, 0.29) is 0 Å². The van der Waals surface area contributed by atoms with Gasteiger partial charge < -0.3 is 10.0 Å². The van der Waals surface area contributed by atoms with Gasteiger partial charge in [0.15, 0.2) is 0 Å². The van der Waals surface area contributed by atoms with E-state index in [1.165, 1.54) is 19.3 Å². The number of carboxylic acids is 1. The first-order valence-corrected chi connectivity index (χ1v) is 6.63. The predicted octanol–water partition coefficient (Wildman–Crippen LogP) is 2.75. The van der Waals surface area contributed by atoms with Crippen molar-refractivity contribution >= 4 is 5.97 Å². The van der Waals surface area contributed by atoms with Gasteiger partial charge in [0.05, 0.1) is 0 Å². The van der Waals surface area contributed by atoms with Crippen molar-refractivity contribution in [2.75, 3.05) is 13.1 Å². The molecule has 1 rings (SSSR count). The molecular weight excluding hydrogens is 202 g/mol. The smallest absolute Gasteiger partial charge is 0.303 e. The number of piperidine rings is 1. The molecule has 1 N–H and O–H groups in total. The molecule has 1 aliphatic rings. The van der Waals surface area contributed by atoms with Gasteiger partial charge in [-0.2, -0.15) is 0 Å². The first-order chi connectivity index (χ1) is 7.67. The van der Waals surface area contributed by atoms with Crippen molar-refractivity contribution in [1.82, 2.24) is 4.90 Å². The fraction of sp³-hybridized carbons (Fsp3) is 0.923. The molecule has 0 aromatic heterocycles. The highest BCUT2D eigenvalue weighted by molar-refractivity contribution is 5.67. The molecule has 0 aromatic rings. The monoisotopic (exact) mass is 227 g/mol. The summed E-state index contributed by atoms with van der Waals surface area (Å²) in [6.45, 7) is 6.61. The van der Waals surface area contributed by atoms with E-state index < -0.39 is 5.97 Å². The van der Waals surface area contributed by atoms with Gasteiger partial charge >= 0.3 is 5.97 Å². The standard InChI is InChI=1S/C13H25NO2/c1-3-6-12(4-2)14-8-5-7-11(10-14)9-13(15)16/h11-12H,3-10H2,1-2H3,(H,15,16). The van der Waals surface area contributed by atoms with Gasteiger partial charge in [-0.1, -0.05) is 20.3 Å². The Morgan fingerprint density at radius 1 is 1.50 bits per heavy atom. The first-order valence-electron chi connectivity index (χ1n) is 6.63. The average molecular weight is 227 g/mol. The molecule has 2 atom stereocenters. The number of nitrogens with zero attached hydrogens (tertiary/aromatic N) is 1. The largest absolute Gasteiger partial charge is 0.481 e. The summed E-state index contributed by atoms with van der Waals surface area (Å²) in [4.78, 5) is 13.2. The second-order valence-electron chi connectivity index (χ2n) is 4.95. The van der Waals surface area contributed by atoms with Gasteiger partial charge in [0, 0.05) is 19.0 Å². The van der Waals surface area contributed by atoms with Crippen molar-refractivity contribution in [3.63, 3.8) is 0 Å². The van der Waals surface area contributed by atoms with Crippen molar-refractivity contribution in [3.8, 4) is 0 Å². The Labute approximate surface area is 98.8 Å².